The van der Waals surface area contributed by atoms with Gasteiger partial charge >= 0.3 is 1.43 Å². The molecule has 0 unspecified atom stereocenters. The van der Waals surface area contributed by atoms with Crippen molar-refractivity contribution in [2.75, 3.05) is 0 Å². The molecule has 1 aromatic carbocycles. The molecular formula is C6H6Cl+. The monoisotopic (exact) mass is 113 g/mol. The van der Waals surface area contributed by atoms with Crippen LogP contribution in [0.1, 0.15) is 1.43 Å². The smallest absolute Gasteiger partial charge is 0.0843 e. The predicted molar refractivity (Wildman–Crippen MR) is 32.6 cm³/mol. The summed E-state index contributed by atoms with van der Waals surface area (Å²) in [6.07, 6.45) is 0. The summed E-state index contributed by atoms with van der Waals surface area (Å²) < 4.78 is 0. The van der Waals surface area contributed by atoms with Crippen molar-refractivity contribution in [3.8, 4) is 0 Å². The summed E-state index contributed by atoms with van der Waals surface area (Å²) in [6.45, 7) is 0. The van der Waals surface area contributed by atoms with E-state index in [2.05, 4.69) is 0 Å². The van der Waals surface area contributed by atoms with Crippen molar-refractivity contribution in [2.24, 2.45) is 0 Å². The van der Waals surface area contributed by atoms with Crippen molar-refractivity contribution in [3.63, 3.8) is 0 Å². The Labute approximate surface area is 49.2 Å². The molecular weight excluding hydrogens is 108 g/mol. The normalized spacial score (nSPS) is 8.71. The van der Waals surface area contributed by atoms with Gasteiger partial charge in [-0.1, -0.05) is 29.8 Å². The molecule has 0 saturated carbocycles. The third kappa shape index (κ3) is 1.20. The summed E-state index contributed by atoms with van der Waals surface area (Å²) in [5.41, 5.74) is 0. The van der Waals surface area contributed by atoms with Crippen molar-refractivity contribution in [1.82, 2.24) is 0 Å². The van der Waals surface area contributed by atoms with Gasteiger partial charge in [-0.2, -0.15) is 0 Å². The van der Waals surface area contributed by atoms with E-state index >= 15 is 0 Å². The van der Waals surface area contributed by atoms with Gasteiger partial charge < -0.3 is 0 Å². The molecule has 0 atom stereocenters. The summed E-state index contributed by atoms with van der Waals surface area (Å²) in [5.74, 6) is 0. The maximum atomic E-state index is 5.54. The lowest BCUT2D eigenvalue weighted by Gasteiger charge is -1.80. The van der Waals surface area contributed by atoms with Crippen molar-refractivity contribution >= 4 is 11.6 Å². The van der Waals surface area contributed by atoms with Crippen LogP contribution in [0.25, 0.3) is 0 Å². The number of rotatable bonds is 0. The van der Waals surface area contributed by atoms with Crippen LogP contribution in [-0.2, 0) is 0 Å². The second kappa shape index (κ2) is 1.99. The minimum absolute atomic E-state index is 0. The molecule has 1 heteroatoms. The van der Waals surface area contributed by atoms with Gasteiger partial charge in [0, 0.05) is 5.02 Å². The molecule has 0 saturated heterocycles. The summed E-state index contributed by atoms with van der Waals surface area (Å²) in [5, 5.41) is 0.794. The summed E-state index contributed by atoms with van der Waals surface area (Å²) in [7, 11) is 0. The minimum atomic E-state index is 0. The fourth-order valence-electron chi connectivity index (χ4n) is 0.415. The number of hydrogen-bond acceptors (Lipinski definition) is 0. The first kappa shape index (κ1) is 4.66. The molecule has 0 fully saturated rings. The van der Waals surface area contributed by atoms with E-state index < -0.39 is 0 Å². The Morgan fingerprint density at radius 2 is 1.71 bits per heavy atom. The van der Waals surface area contributed by atoms with Gasteiger partial charge in [-0.3, -0.25) is 0 Å². The topological polar surface area (TPSA) is 0 Å². The van der Waals surface area contributed by atoms with E-state index in [1.165, 1.54) is 0 Å². The lowest BCUT2D eigenvalue weighted by atomic mass is 10.4. The Kier molecular flexibility index (Phi) is 1.32. The largest absolute Gasteiger partial charge is 1.00 e. The van der Waals surface area contributed by atoms with E-state index in [-0.39, 0.29) is 1.43 Å². The standard InChI is InChI=1S/C6H5Cl/c7-6-4-2-1-3-5-6/h1-5H/p+1. The van der Waals surface area contributed by atoms with E-state index in [1.807, 2.05) is 30.3 Å². The van der Waals surface area contributed by atoms with E-state index in [1.54, 1.807) is 0 Å². The lowest BCUT2D eigenvalue weighted by Crippen LogP contribution is -1.55. The van der Waals surface area contributed by atoms with Gasteiger partial charge in [-0.15, -0.1) is 0 Å². The predicted octanol–water partition coefficient (Wildman–Crippen LogP) is 2.45. The van der Waals surface area contributed by atoms with Crippen LogP contribution in [0, 0.1) is 0 Å². The van der Waals surface area contributed by atoms with Crippen LogP contribution in [0.5, 0.6) is 0 Å². The fourth-order valence-corrected chi connectivity index (χ4v) is 0.560. The first-order valence-electron chi connectivity index (χ1n) is 2.10. The van der Waals surface area contributed by atoms with Gasteiger partial charge in [0.2, 0.25) is 0 Å². The van der Waals surface area contributed by atoms with Crippen molar-refractivity contribution in [3.05, 3.63) is 35.4 Å². The summed E-state index contributed by atoms with van der Waals surface area (Å²) in [6, 6.07) is 9.44. The van der Waals surface area contributed by atoms with Gasteiger partial charge in [0.05, 0.1) is 0 Å². The molecule has 0 radical (unpaired) electrons. The second-order valence-corrected chi connectivity index (χ2v) is 1.73. The van der Waals surface area contributed by atoms with Gasteiger partial charge in [-0.05, 0) is 12.1 Å². The Bertz CT molecular complexity index is 138. The molecule has 0 bridgehead atoms. The lowest BCUT2D eigenvalue weighted by molar-refractivity contribution is 1.71. The quantitative estimate of drug-likeness (QED) is 0.485. The van der Waals surface area contributed by atoms with E-state index in [0.717, 1.165) is 5.02 Å². The highest BCUT2D eigenvalue weighted by Crippen LogP contribution is 2.03. The van der Waals surface area contributed by atoms with E-state index in [0.29, 0.717) is 0 Å². The molecule has 36 valence electrons. The molecule has 1 aromatic rings. The highest BCUT2D eigenvalue weighted by atomic mass is 35.5. The zero-order valence-electron chi connectivity index (χ0n) is 4.76. The molecule has 0 spiro atoms. The van der Waals surface area contributed by atoms with Gasteiger partial charge in [0.1, 0.15) is 0 Å². The van der Waals surface area contributed by atoms with Crippen LogP contribution < -0.4 is 0 Å². The van der Waals surface area contributed by atoms with Crippen molar-refractivity contribution < 1.29 is 1.43 Å². The maximum absolute atomic E-state index is 5.54. The first-order valence-corrected chi connectivity index (χ1v) is 2.48. The second-order valence-electron chi connectivity index (χ2n) is 1.30. The molecule has 7 heavy (non-hydrogen) atoms. The van der Waals surface area contributed by atoms with Gasteiger partial charge in [0.25, 0.3) is 0 Å². The Balaban J connectivity index is 0.000000490. The number of halogens is 1. The Morgan fingerprint density at radius 3 is 2.00 bits per heavy atom. The molecule has 0 aliphatic heterocycles. The van der Waals surface area contributed by atoms with Crippen LogP contribution in [0.15, 0.2) is 30.3 Å². The third-order valence-corrected chi connectivity index (χ3v) is 0.985. The van der Waals surface area contributed by atoms with Gasteiger partial charge in [-0.25, -0.2) is 0 Å². The average molecular weight is 114 g/mol. The van der Waals surface area contributed by atoms with Crippen LogP contribution in [0.2, 0.25) is 5.02 Å². The molecule has 0 aromatic heterocycles. The van der Waals surface area contributed by atoms with E-state index in [4.69, 9.17) is 11.6 Å². The molecule has 0 N–H and O–H groups in total. The molecule has 0 aliphatic rings. The fraction of sp³-hybridized carbons (Fsp3) is 0. The van der Waals surface area contributed by atoms with Gasteiger partial charge in [0.15, 0.2) is 0 Å². The van der Waals surface area contributed by atoms with Crippen LogP contribution in [-0.4, -0.2) is 0 Å². The molecule has 0 aliphatic carbocycles. The Morgan fingerprint density at radius 1 is 1.14 bits per heavy atom. The zero-order valence-corrected chi connectivity index (χ0v) is 4.52. The highest BCUT2D eigenvalue weighted by molar-refractivity contribution is 6.30. The summed E-state index contributed by atoms with van der Waals surface area (Å²) >= 11 is 5.54. The molecule has 0 heterocycles. The first-order chi connectivity index (χ1) is 3.39. The van der Waals surface area contributed by atoms with Crippen molar-refractivity contribution in [1.29, 1.82) is 0 Å². The SMILES string of the molecule is Clc1ccccc1.[H+]. The van der Waals surface area contributed by atoms with E-state index in [9.17, 15) is 0 Å². The third-order valence-electron chi connectivity index (χ3n) is 0.733. The highest BCUT2D eigenvalue weighted by Gasteiger charge is 1.74. The average Bonchev–Trinajstić information content (AvgIpc) is 1.69. The molecule has 0 amide bonds. The minimum Gasteiger partial charge on any atom is -0.0843 e. The molecule has 0 nitrogen and oxygen atoms in total. The molecule has 1 rings (SSSR count). The number of hydrogen-bond donors (Lipinski definition) is 0. The number of benzene rings is 1. The Hall–Kier alpha value is -0.490. The zero-order chi connectivity index (χ0) is 5.11. The maximum Gasteiger partial charge on any atom is 1.00 e. The van der Waals surface area contributed by atoms with Crippen molar-refractivity contribution in [2.45, 2.75) is 0 Å². The summed E-state index contributed by atoms with van der Waals surface area (Å²) in [4.78, 5) is 0. The van der Waals surface area contributed by atoms with Crippen LogP contribution in [0.4, 0.5) is 0 Å². The van der Waals surface area contributed by atoms with Crippen LogP contribution in [0.3, 0.4) is 0 Å². The van der Waals surface area contributed by atoms with Crippen LogP contribution >= 0.6 is 11.6 Å².